The normalized spacial score (nSPS) is 10.2. The molecule has 0 saturated heterocycles. The van der Waals surface area contributed by atoms with Gasteiger partial charge in [0.05, 0.1) is 28.4 Å². The van der Waals surface area contributed by atoms with Crippen molar-refractivity contribution in [1.29, 1.82) is 10.5 Å². The molecule has 0 spiro atoms. The van der Waals surface area contributed by atoms with Crippen LogP contribution in [0.4, 0.5) is 5.95 Å². The van der Waals surface area contributed by atoms with Gasteiger partial charge in [0.1, 0.15) is 11.6 Å². The predicted molar refractivity (Wildman–Crippen MR) is 82.6 cm³/mol. The van der Waals surface area contributed by atoms with Crippen LogP contribution in [0.25, 0.3) is 16.7 Å². The lowest BCUT2D eigenvalue weighted by molar-refractivity contribution is 1.10. The molecular weight excluding hydrogens is 330 g/mol. The van der Waals surface area contributed by atoms with Gasteiger partial charge in [-0.25, -0.2) is 4.98 Å². The minimum atomic E-state index is 0.290. The Labute approximate surface area is 129 Å². The second-order valence-electron chi connectivity index (χ2n) is 4.37. The average Bonchev–Trinajstić information content (AvgIpc) is 2.83. The first kappa shape index (κ1) is 13.2. The van der Waals surface area contributed by atoms with E-state index in [1.54, 1.807) is 34.9 Å². The van der Waals surface area contributed by atoms with Crippen LogP contribution in [0.1, 0.15) is 11.1 Å². The molecule has 6 heteroatoms. The Balaban J connectivity index is 2.34. The number of para-hydroxylation sites is 1. The Morgan fingerprint density at radius 3 is 2.62 bits per heavy atom. The second-order valence-corrected chi connectivity index (χ2v) is 5.22. The molecule has 0 radical (unpaired) electrons. The minimum absolute atomic E-state index is 0.290. The summed E-state index contributed by atoms with van der Waals surface area (Å²) >= 11 is 3.44. The van der Waals surface area contributed by atoms with Gasteiger partial charge < -0.3 is 5.73 Å². The lowest BCUT2D eigenvalue weighted by Crippen LogP contribution is -2.01. The third-order valence-corrected chi connectivity index (χ3v) is 3.78. The molecule has 0 fully saturated rings. The number of benzene rings is 2. The first-order valence-electron chi connectivity index (χ1n) is 6.02. The van der Waals surface area contributed by atoms with Gasteiger partial charge >= 0.3 is 0 Å². The maximum absolute atomic E-state index is 9.14. The number of halogens is 1. The lowest BCUT2D eigenvalue weighted by atomic mass is 10.2. The molecule has 3 aromatic rings. The van der Waals surface area contributed by atoms with Gasteiger partial charge in [0.2, 0.25) is 5.95 Å². The van der Waals surface area contributed by atoms with Crippen molar-refractivity contribution < 1.29 is 0 Å². The molecule has 0 aliphatic carbocycles. The number of fused-ring (bicyclic) bond motifs is 1. The molecule has 1 heterocycles. The van der Waals surface area contributed by atoms with Crippen molar-refractivity contribution in [3.05, 3.63) is 52.0 Å². The number of nitriles is 2. The standard InChI is InChI=1S/C15H8BrN5/c16-11-6-9(7-17)4-5-12(11)21-13-3-1-2-10(8-18)14(13)20-15(21)19/h1-6H,(H2,19,20). The number of nitrogen functional groups attached to an aromatic ring is 1. The van der Waals surface area contributed by atoms with Gasteiger partial charge in [-0.15, -0.1) is 0 Å². The fraction of sp³-hybridized carbons (Fsp3) is 0. The number of nitrogens with zero attached hydrogens (tertiary/aromatic N) is 4. The Morgan fingerprint density at radius 2 is 1.95 bits per heavy atom. The van der Waals surface area contributed by atoms with E-state index < -0.39 is 0 Å². The number of hydrogen-bond acceptors (Lipinski definition) is 4. The van der Waals surface area contributed by atoms with Crippen molar-refractivity contribution in [2.75, 3.05) is 5.73 Å². The predicted octanol–water partition coefficient (Wildman–Crippen LogP) is 3.11. The van der Waals surface area contributed by atoms with Crippen LogP contribution in [0, 0.1) is 22.7 Å². The number of hydrogen-bond donors (Lipinski definition) is 1. The van der Waals surface area contributed by atoms with Crippen molar-refractivity contribution >= 4 is 32.9 Å². The highest BCUT2D eigenvalue weighted by atomic mass is 79.9. The van der Waals surface area contributed by atoms with Gasteiger partial charge in [-0.3, -0.25) is 4.57 Å². The number of aromatic nitrogens is 2. The van der Waals surface area contributed by atoms with E-state index in [0.717, 1.165) is 15.7 Å². The van der Waals surface area contributed by atoms with Gasteiger partial charge in [0.15, 0.2) is 0 Å². The maximum Gasteiger partial charge on any atom is 0.206 e. The van der Waals surface area contributed by atoms with E-state index in [9.17, 15) is 0 Å². The monoisotopic (exact) mass is 337 g/mol. The van der Waals surface area contributed by atoms with Gasteiger partial charge in [-0.1, -0.05) is 6.07 Å². The molecule has 0 unspecified atom stereocenters. The Hall–Kier alpha value is -2.83. The Bertz CT molecular complexity index is 943. The van der Waals surface area contributed by atoms with E-state index >= 15 is 0 Å². The molecular formula is C15H8BrN5. The summed E-state index contributed by atoms with van der Waals surface area (Å²) in [4.78, 5) is 4.28. The zero-order chi connectivity index (χ0) is 15.0. The zero-order valence-electron chi connectivity index (χ0n) is 10.7. The van der Waals surface area contributed by atoms with Crippen LogP contribution in [-0.4, -0.2) is 9.55 Å². The topological polar surface area (TPSA) is 91.4 Å². The summed E-state index contributed by atoms with van der Waals surface area (Å²) in [5.74, 6) is 0.290. The molecule has 0 saturated carbocycles. The van der Waals surface area contributed by atoms with Gasteiger partial charge in [-0.05, 0) is 46.3 Å². The molecule has 2 N–H and O–H groups in total. The van der Waals surface area contributed by atoms with E-state index in [2.05, 4.69) is 33.1 Å². The van der Waals surface area contributed by atoms with Crippen molar-refractivity contribution in [3.8, 4) is 17.8 Å². The average molecular weight is 338 g/mol. The molecule has 5 nitrogen and oxygen atoms in total. The van der Waals surface area contributed by atoms with Crippen molar-refractivity contribution in [1.82, 2.24) is 9.55 Å². The highest BCUT2D eigenvalue weighted by Crippen LogP contribution is 2.30. The van der Waals surface area contributed by atoms with E-state index in [1.807, 2.05) is 6.07 Å². The first-order valence-corrected chi connectivity index (χ1v) is 6.82. The summed E-state index contributed by atoms with van der Waals surface area (Å²) in [6.07, 6.45) is 0. The highest BCUT2D eigenvalue weighted by molar-refractivity contribution is 9.10. The van der Waals surface area contributed by atoms with Gasteiger partial charge in [0.25, 0.3) is 0 Å². The largest absolute Gasteiger partial charge is 0.369 e. The van der Waals surface area contributed by atoms with Crippen molar-refractivity contribution in [2.45, 2.75) is 0 Å². The van der Waals surface area contributed by atoms with E-state index in [0.29, 0.717) is 16.6 Å². The number of nitrogens with two attached hydrogens (primary N) is 1. The first-order chi connectivity index (χ1) is 10.2. The Kier molecular flexibility index (Phi) is 3.09. The second kappa shape index (κ2) is 4.93. The number of imidazole rings is 1. The van der Waals surface area contributed by atoms with Crippen LogP contribution in [0.2, 0.25) is 0 Å². The van der Waals surface area contributed by atoms with E-state index in [4.69, 9.17) is 16.3 Å². The van der Waals surface area contributed by atoms with E-state index in [-0.39, 0.29) is 5.95 Å². The number of rotatable bonds is 1. The molecule has 0 aliphatic heterocycles. The zero-order valence-corrected chi connectivity index (χ0v) is 12.3. The third kappa shape index (κ3) is 2.03. The summed E-state index contributed by atoms with van der Waals surface area (Å²) in [6, 6.07) is 14.7. The summed E-state index contributed by atoms with van der Waals surface area (Å²) in [5.41, 5.74) is 9.11. The quantitative estimate of drug-likeness (QED) is 0.738. The summed E-state index contributed by atoms with van der Waals surface area (Å²) in [6.45, 7) is 0. The smallest absolute Gasteiger partial charge is 0.206 e. The van der Waals surface area contributed by atoms with Crippen LogP contribution in [0.3, 0.4) is 0 Å². The van der Waals surface area contributed by atoms with Crippen molar-refractivity contribution in [2.24, 2.45) is 0 Å². The fourth-order valence-electron chi connectivity index (χ4n) is 2.22. The molecule has 100 valence electrons. The maximum atomic E-state index is 9.14. The summed E-state index contributed by atoms with van der Waals surface area (Å²) in [7, 11) is 0. The van der Waals surface area contributed by atoms with E-state index in [1.165, 1.54) is 0 Å². The van der Waals surface area contributed by atoms with Crippen LogP contribution >= 0.6 is 15.9 Å². The third-order valence-electron chi connectivity index (χ3n) is 3.15. The highest BCUT2D eigenvalue weighted by Gasteiger charge is 2.15. The minimum Gasteiger partial charge on any atom is -0.369 e. The summed E-state index contributed by atoms with van der Waals surface area (Å²) in [5, 5.41) is 18.1. The fourth-order valence-corrected chi connectivity index (χ4v) is 2.77. The number of anilines is 1. The molecule has 0 aliphatic rings. The lowest BCUT2D eigenvalue weighted by Gasteiger charge is -2.09. The molecule has 0 amide bonds. The molecule has 1 aromatic heterocycles. The van der Waals surface area contributed by atoms with Gasteiger partial charge in [0, 0.05) is 4.47 Å². The van der Waals surface area contributed by atoms with Crippen LogP contribution in [0.15, 0.2) is 40.9 Å². The SMILES string of the molecule is N#Cc1ccc(-n2c(N)nc3c(C#N)cccc32)c(Br)c1. The molecule has 0 bridgehead atoms. The van der Waals surface area contributed by atoms with Gasteiger partial charge in [-0.2, -0.15) is 10.5 Å². The summed E-state index contributed by atoms with van der Waals surface area (Å²) < 4.78 is 2.48. The Morgan fingerprint density at radius 1 is 1.14 bits per heavy atom. The molecule has 2 aromatic carbocycles. The van der Waals surface area contributed by atoms with Crippen LogP contribution in [-0.2, 0) is 0 Å². The van der Waals surface area contributed by atoms with Crippen LogP contribution in [0.5, 0.6) is 0 Å². The molecule has 21 heavy (non-hydrogen) atoms. The molecule has 3 rings (SSSR count). The van der Waals surface area contributed by atoms with Crippen LogP contribution < -0.4 is 5.73 Å². The van der Waals surface area contributed by atoms with Crippen molar-refractivity contribution in [3.63, 3.8) is 0 Å². The molecule has 0 atom stereocenters.